The van der Waals surface area contributed by atoms with Crippen LogP contribution in [0.15, 0.2) is 0 Å². The average molecular weight is 244 g/mol. The van der Waals surface area contributed by atoms with Gasteiger partial charge in [0.2, 0.25) is 0 Å². The minimum atomic E-state index is -1.02. The van der Waals surface area contributed by atoms with E-state index in [0.717, 1.165) is 0 Å². The van der Waals surface area contributed by atoms with Crippen LogP contribution in [0, 0.1) is 0 Å². The summed E-state index contributed by atoms with van der Waals surface area (Å²) in [5.74, 6) is -1.02. The van der Waals surface area contributed by atoms with Gasteiger partial charge in [-0.2, -0.15) is 0 Å². The molecule has 2 fully saturated rings. The van der Waals surface area contributed by atoms with Crippen LogP contribution in [0.1, 0.15) is 0 Å². The maximum absolute atomic E-state index is 12.1. The Hall–Kier alpha value is -1.34. The summed E-state index contributed by atoms with van der Waals surface area (Å²) in [6.45, 7) is 3.04. The zero-order valence-electron chi connectivity index (χ0n) is 9.50. The van der Waals surface area contributed by atoms with Crippen molar-refractivity contribution in [2.24, 2.45) is 0 Å². The highest BCUT2D eigenvalue weighted by molar-refractivity contribution is 5.77. The zero-order chi connectivity index (χ0) is 12.3. The van der Waals surface area contributed by atoms with E-state index >= 15 is 0 Å². The second-order valence-corrected chi connectivity index (χ2v) is 4.03. The first-order chi connectivity index (χ1) is 8.18. The van der Waals surface area contributed by atoms with Crippen LogP contribution in [0.3, 0.4) is 0 Å². The minimum absolute atomic E-state index is 0.117. The van der Waals surface area contributed by atoms with E-state index < -0.39 is 12.1 Å². The maximum Gasteiger partial charge on any atom is 0.334 e. The van der Waals surface area contributed by atoms with E-state index in [9.17, 15) is 9.59 Å². The number of carboxylic acids is 1. The second kappa shape index (κ2) is 5.33. The number of carbonyl (C=O) groups excluding carboxylic acids is 1. The van der Waals surface area contributed by atoms with E-state index in [-0.39, 0.29) is 19.2 Å². The predicted molar refractivity (Wildman–Crippen MR) is 56.7 cm³/mol. The lowest BCUT2D eigenvalue weighted by atomic mass is 10.3. The third kappa shape index (κ3) is 2.86. The van der Waals surface area contributed by atoms with Gasteiger partial charge in [0, 0.05) is 19.6 Å². The molecule has 1 N–H and O–H groups in total. The van der Waals surface area contributed by atoms with Gasteiger partial charge in [-0.25, -0.2) is 9.59 Å². The van der Waals surface area contributed by atoms with Crippen molar-refractivity contribution in [3.63, 3.8) is 0 Å². The molecule has 0 saturated carbocycles. The lowest BCUT2D eigenvalue weighted by Crippen LogP contribution is -2.54. The van der Waals surface area contributed by atoms with Gasteiger partial charge >= 0.3 is 12.0 Å². The lowest BCUT2D eigenvalue weighted by molar-refractivity contribution is -0.154. The van der Waals surface area contributed by atoms with Crippen molar-refractivity contribution >= 4 is 12.0 Å². The number of carboxylic acid groups (broad SMARTS) is 1. The van der Waals surface area contributed by atoms with Crippen molar-refractivity contribution in [3.8, 4) is 0 Å². The molecule has 0 radical (unpaired) electrons. The average Bonchev–Trinajstić information content (AvgIpc) is 2.39. The van der Waals surface area contributed by atoms with E-state index in [0.29, 0.717) is 32.8 Å². The number of amides is 2. The van der Waals surface area contributed by atoms with Gasteiger partial charge in [-0.1, -0.05) is 0 Å². The maximum atomic E-state index is 12.1. The number of hydrogen-bond donors (Lipinski definition) is 1. The highest BCUT2D eigenvalue weighted by atomic mass is 16.5. The highest BCUT2D eigenvalue weighted by Gasteiger charge is 2.31. The molecule has 17 heavy (non-hydrogen) atoms. The number of rotatable bonds is 1. The third-order valence-corrected chi connectivity index (χ3v) is 2.89. The van der Waals surface area contributed by atoms with Gasteiger partial charge in [0.05, 0.1) is 26.4 Å². The number of aliphatic carboxylic acids is 1. The standard InChI is InChI=1S/C10H16N2O5/c13-9(14)8-7-12(3-6-17-8)10(15)11-1-4-16-5-2-11/h8H,1-7H2,(H,13,14). The SMILES string of the molecule is O=C(O)C1CN(C(=O)N2CCOCC2)CCO1. The van der Waals surface area contributed by atoms with Gasteiger partial charge in [0.1, 0.15) is 0 Å². The summed E-state index contributed by atoms with van der Waals surface area (Å²) in [5, 5.41) is 8.85. The quantitative estimate of drug-likeness (QED) is 0.655. The van der Waals surface area contributed by atoms with Crippen molar-refractivity contribution < 1.29 is 24.2 Å². The molecule has 2 aliphatic rings. The molecule has 2 heterocycles. The number of hydrogen-bond acceptors (Lipinski definition) is 4. The Morgan fingerprint density at radius 1 is 1.06 bits per heavy atom. The Kier molecular flexibility index (Phi) is 3.80. The first-order valence-corrected chi connectivity index (χ1v) is 5.64. The van der Waals surface area contributed by atoms with E-state index in [1.54, 1.807) is 4.90 Å². The van der Waals surface area contributed by atoms with Crippen LogP contribution in [0.25, 0.3) is 0 Å². The van der Waals surface area contributed by atoms with Crippen molar-refractivity contribution in [3.05, 3.63) is 0 Å². The normalized spacial score (nSPS) is 25.8. The fourth-order valence-corrected chi connectivity index (χ4v) is 1.93. The van der Waals surface area contributed by atoms with Crippen LogP contribution in [-0.2, 0) is 14.3 Å². The van der Waals surface area contributed by atoms with Gasteiger partial charge in [0.15, 0.2) is 6.10 Å². The summed E-state index contributed by atoms with van der Waals surface area (Å²) in [4.78, 5) is 26.1. The molecule has 2 rings (SSSR count). The Balaban J connectivity index is 1.91. The van der Waals surface area contributed by atoms with Gasteiger partial charge in [-0.15, -0.1) is 0 Å². The molecule has 2 saturated heterocycles. The van der Waals surface area contributed by atoms with Crippen LogP contribution in [0.2, 0.25) is 0 Å². The molecule has 0 bridgehead atoms. The van der Waals surface area contributed by atoms with E-state index in [1.165, 1.54) is 4.90 Å². The number of urea groups is 1. The first kappa shape index (κ1) is 12.1. The van der Waals surface area contributed by atoms with Crippen LogP contribution in [0.4, 0.5) is 4.79 Å². The summed E-state index contributed by atoms with van der Waals surface area (Å²) in [6.07, 6.45) is -0.909. The van der Waals surface area contributed by atoms with Crippen LogP contribution < -0.4 is 0 Å². The second-order valence-electron chi connectivity index (χ2n) is 4.03. The molecule has 0 aromatic rings. The molecular weight excluding hydrogens is 228 g/mol. The fraction of sp³-hybridized carbons (Fsp3) is 0.800. The third-order valence-electron chi connectivity index (χ3n) is 2.89. The molecule has 7 heteroatoms. The molecular formula is C10H16N2O5. The molecule has 0 spiro atoms. The molecule has 96 valence electrons. The van der Waals surface area contributed by atoms with Crippen molar-refractivity contribution in [1.29, 1.82) is 0 Å². The summed E-state index contributed by atoms with van der Waals surface area (Å²) in [6, 6.07) is -0.122. The summed E-state index contributed by atoms with van der Waals surface area (Å²) in [5.41, 5.74) is 0. The molecule has 1 atom stereocenters. The van der Waals surface area contributed by atoms with Crippen molar-refractivity contribution in [1.82, 2.24) is 9.80 Å². The molecule has 0 aliphatic carbocycles. The van der Waals surface area contributed by atoms with E-state index in [2.05, 4.69) is 0 Å². The Labute approximate surface area is 98.9 Å². The topological polar surface area (TPSA) is 79.3 Å². The van der Waals surface area contributed by atoms with Gasteiger partial charge in [-0.05, 0) is 0 Å². The Morgan fingerprint density at radius 2 is 1.71 bits per heavy atom. The van der Waals surface area contributed by atoms with E-state index in [1.807, 2.05) is 0 Å². The highest BCUT2D eigenvalue weighted by Crippen LogP contribution is 2.10. The number of carbonyl (C=O) groups is 2. The Bertz CT molecular complexity index is 303. The summed E-state index contributed by atoms with van der Waals surface area (Å²) in [7, 11) is 0. The molecule has 0 aromatic carbocycles. The van der Waals surface area contributed by atoms with E-state index in [4.69, 9.17) is 14.6 Å². The molecule has 1 unspecified atom stereocenters. The number of ether oxygens (including phenoxy) is 2. The van der Waals surface area contributed by atoms with Gasteiger partial charge in [-0.3, -0.25) is 0 Å². The molecule has 7 nitrogen and oxygen atoms in total. The summed E-state index contributed by atoms with van der Waals surface area (Å²) >= 11 is 0. The first-order valence-electron chi connectivity index (χ1n) is 5.64. The molecule has 2 amide bonds. The van der Waals surface area contributed by atoms with Crippen LogP contribution in [-0.4, -0.2) is 79.0 Å². The van der Waals surface area contributed by atoms with Crippen LogP contribution in [0.5, 0.6) is 0 Å². The predicted octanol–water partition coefficient (Wildman–Crippen LogP) is -0.776. The van der Waals surface area contributed by atoms with Crippen molar-refractivity contribution in [2.75, 3.05) is 46.0 Å². The molecule has 0 aromatic heterocycles. The van der Waals surface area contributed by atoms with Crippen LogP contribution >= 0.6 is 0 Å². The van der Waals surface area contributed by atoms with Crippen molar-refractivity contribution in [2.45, 2.75) is 6.10 Å². The zero-order valence-corrected chi connectivity index (χ0v) is 9.50. The number of morpholine rings is 2. The number of nitrogens with zero attached hydrogens (tertiary/aromatic N) is 2. The summed E-state index contributed by atoms with van der Waals surface area (Å²) < 4.78 is 10.2. The minimum Gasteiger partial charge on any atom is -0.479 e. The fourth-order valence-electron chi connectivity index (χ4n) is 1.93. The monoisotopic (exact) mass is 244 g/mol. The smallest absolute Gasteiger partial charge is 0.334 e. The van der Waals surface area contributed by atoms with Gasteiger partial charge in [0.25, 0.3) is 0 Å². The van der Waals surface area contributed by atoms with Gasteiger partial charge < -0.3 is 24.4 Å². The molecule has 2 aliphatic heterocycles. The Morgan fingerprint density at radius 3 is 2.35 bits per heavy atom. The largest absolute Gasteiger partial charge is 0.479 e. The lowest BCUT2D eigenvalue weighted by Gasteiger charge is -2.36.